The smallest absolute Gasteiger partial charge is 0.244 e. The first-order chi connectivity index (χ1) is 7.80. The Labute approximate surface area is 105 Å². The van der Waals surface area contributed by atoms with Gasteiger partial charge in [-0.2, -0.15) is 4.31 Å². The van der Waals surface area contributed by atoms with E-state index in [9.17, 15) is 12.8 Å². The van der Waals surface area contributed by atoms with Gasteiger partial charge in [-0.3, -0.25) is 0 Å². The van der Waals surface area contributed by atoms with Gasteiger partial charge in [-0.25, -0.2) is 12.8 Å². The van der Waals surface area contributed by atoms with E-state index in [1.54, 1.807) is 6.92 Å². The molecule has 0 heterocycles. The first-order valence-corrected chi connectivity index (χ1v) is 6.75. The van der Waals surface area contributed by atoms with Gasteiger partial charge in [0.05, 0.1) is 5.02 Å². The van der Waals surface area contributed by atoms with Gasteiger partial charge in [0.25, 0.3) is 0 Å². The lowest BCUT2D eigenvalue weighted by molar-refractivity contribution is 0.394. The van der Waals surface area contributed by atoms with E-state index >= 15 is 0 Å². The molecule has 0 spiro atoms. The molecular weight excluding hydrogens is 267 g/mol. The molecule has 17 heavy (non-hydrogen) atoms. The Morgan fingerprint density at radius 1 is 1.53 bits per heavy atom. The molecule has 0 saturated carbocycles. The fraction of sp³-hybridized carbons (Fsp3) is 0.400. The van der Waals surface area contributed by atoms with Gasteiger partial charge in [0, 0.05) is 19.6 Å². The van der Waals surface area contributed by atoms with Crippen molar-refractivity contribution in [3.63, 3.8) is 0 Å². The third kappa shape index (κ3) is 2.95. The fourth-order valence-corrected chi connectivity index (χ4v) is 3.07. The van der Waals surface area contributed by atoms with Crippen molar-refractivity contribution in [1.82, 2.24) is 4.31 Å². The van der Waals surface area contributed by atoms with Gasteiger partial charge in [-0.1, -0.05) is 11.6 Å². The quantitative estimate of drug-likeness (QED) is 0.908. The maximum atomic E-state index is 13.1. The number of nitrogens with zero attached hydrogens (tertiary/aromatic N) is 1. The molecule has 0 saturated heterocycles. The summed E-state index contributed by atoms with van der Waals surface area (Å²) in [5.41, 5.74) is 5.40. The number of sulfonamides is 1. The van der Waals surface area contributed by atoms with Crippen LogP contribution in [0.2, 0.25) is 5.02 Å². The molecule has 0 fully saturated rings. The maximum Gasteiger partial charge on any atom is 0.244 e. The van der Waals surface area contributed by atoms with Gasteiger partial charge in [0.15, 0.2) is 0 Å². The Balaban J connectivity index is 3.26. The van der Waals surface area contributed by atoms with E-state index < -0.39 is 15.8 Å². The summed E-state index contributed by atoms with van der Waals surface area (Å²) in [6.45, 7) is 1.83. The molecule has 2 N–H and O–H groups in total. The third-order valence-electron chi connectivity index (χ3n) is 2.51. The molecule has 1 unspecified atom stereocenters. The zero-order chi connectivity index (χ0) is 13.2. The second kappa shape index (κ2) is 5.30. The van der Waals surface area contributed by atoms with Crippen LogP contribution in [-0.2, 0) is 10.0 Å². The van der Waals surface area contributed by atoms with E-state index in [4.69, 9.17) is 17.3 Å². The summed E-state index contributed by atoms with van der Waals surface area (Å²) in [7, 11) is -2.44. The van der Waals surface area contributed by atoms with Crippen LogP contribution in [0.15, 0.2) is 23.1 Å². The van der Waals surface area contributed by atoms with Crippen LogP contribution < -0.4 is 5.73 Å². The molecule has 0 bridgehead atoms. The minimum Gasteiger partial charge on any atom is -0.329 e. The number of likely N-dealkylation sites (N-methyl/N-ethyl adjacent to an activating group) is 1. The molecule has 0 aliphatic rings. The van der Waals surface area contributed by atoms with Crippen LogP contribution >= 0.6 is 11.6 Å². The van der Waals surface area contributed by atoms with Crippen molar-refractivity contribution in [2.75, 3.05) is 13.6 Å². The highest BCUT2D eigenvalue weighted by Crippen LogP contribution is 2.25. The lowest BCUT2D eigenvalue weighted by Gasteiger charge is -2.23. The topological polar surface area (TPSA) is 63.4 Å². The highest BCUT2D eigenvalue weighted by molar-refractivity contribution is 7.89. The summed E-state index contributed by atoms with van der Waals surface area (Å²) in [6.07, 6.45) is 0. The highest BCUT2D eigenvalue weighted by Gasteiger charge is 2.27. The standard InChI is InChI=1S/C10H14ClFN2O2S/c1-7(6-13)14(2)17(15,16)10-5-8(12)3-4-9(10)11/h3-5,7H,6,13H2,1-2H3. The zero-order valence-electron chi connectivity index (χ0n) is 9.52. The van der Waals surface area contributed by atoms with E-state index in [2.05, 4.69) is 0 Å². The number of rotatable bonds is 4. The Morgan fingerprint density at radius 3 is 2.65 bits per heavy atom. The molecule has 1 aromatic carbocycles. The van der Waals surface area contributed by atoms with Crippen molar-refractivity contribution in [3.05, 3.63) is 29.0 Å². The predicted molar refractivity (Wildman–Crippen MR) is 64.9 cm³/mol. The van der Waals surface area contributed by atoms with E-state index in [0.29, 0.717) is 0 Å². The second-order valence-corrected chi connectivity index (χ2v) is 6.05. The van der Waals surface area contributed by atoms with E-state index in [1.165, 1.54) is 13.1 Å². The Morgan fingerprint density at radius 2 is 2.12 bits per heavy atom. The molecular formula is C10H14ClFN2O2S. The minimum atomic E-state index is -3.82. The van der Waals surface area contributed by atoms with Crippen molar-refractivity contribution in [1.29, 1.82) is 0 Å². The van der Waals surface area contributed by atoms with Crippen molar-refractivity contribution >= 4 is 21.6 Å². The van der Waals surface area contributed by atoms with Crippen LogP contribution in [0, 0.1) is 5.82 Å². The van der Waals surface area contributed by atoms with E-state index in [-0.39, 0.29) is 22.5 Å². The fourth-order valence-electron chi connectivity index (χ4n) is 1.22. The SMILES string of the molecule is CC(CN)N(C)S(=O)(=O)c1cc(F)ccc1Cl. The van der Waals surface area contributed by atoms with Crippen molar-refractivity contribution in [2.45, 2.75) is 17.9 Å². The van der Waals surface area contributed by atoms with Gasteiger partial charge in [0.2, 0.25) is 10.0 Å². The molecule has 0 aliphatic carbocycles. The van der Waals surface area contributed by atoms with Crippen LogP contribution in [0.25, 0.3) is 0 Å². The van der Waals surface area contributed by atoms with Gasteiger partial charge < -0.3 is 5.73 Å². The predicted octanol–water partition coefficient (Wildman–Crippen LogP) is 1.45. The van der Waals surface area contributed by atoms with Crippen LogP contribution in [0.3, 0.4) is 0 Å². The molecule has 0 aliphatic heterocycles. The summed E-state index contributed by atoms with van der Waals surface area (Å²) in [6, 6.07) is 2.83. The zero-order valence-corrected chi connectivity index (χ0v) is 11.1. The summed E-state index contributed by atoms with van der Waals surface area (Å²) in [5, 5.41) is -0.0116. The molecule has 1 rings (SSSR count). The normalized spacial score (nSPS) is 14.0. The Kier molecular flexibility index (Phi) is 4.48. The van der Waals surface area contributed by atoms with Crippen LogP contribution in [0.4, 0.5) is 4.39 Å². The van der Waals surface area contributed by atoms with Gasteiger partial charge in [-0.15, -0.1) is 0 Å². The lowest BCUT2D eigenvalue weighted by atomic mass is 10.3. The Hall–Kier alpha value is -0.690. The van der Waals surface area contributed by atoms with Gasteiger partial charge in [-0.05, 0) is 25.1 Å². The molecule has 1 atom stereocenters. The summed E-state index contributed by atoms with van der Waals surface area (Å²) in [5.74, 6) is -0.651. The van der Waals surface area contributed by atoms with Crippen LogP contribution in [0.1, 0.15) is 6.92 Å². The number of hydrogen-bond donors (Lipinski definition) is 1. The van der Waals surface area contributed by atoms with Crippen LogP contribution in [-0.4, -0.2) is 32.4 Å². The maximum absolute atomic E-state index is 13.1. The first-order valence-electron chi connectivity index (χ1n) is 4.94. The third-order valence-corrected chi connectivity index (χ3v) is 4.97. The minimum absolute atomic E-state index is 0.0116. The summed E-state index contributed by atoms with van der Waals surface area (Å²) >= 11 is 5.77. The van der Waals surface area contributed by atoms with Gasteiger partial charge >= 0.3 is 0 Å². The highest BCUT2D eigenvalue weighted by atomic mass is 35.5. The molecule has 96 valence electrons. The molecule has 0 amide bonds. The van der Waals surface area contributed by atoms with Crippen molar-refractivity contribution < 1.29 is 12.8 Å². The first kappa shape index (κ1) is 14.4. The number of benzene rings is 1. The average Bonchev–Trinajstić information content (AvgIpc) is 2.30. The molecule has 1 aromatic rings. The summed E-state index contributed by atoms with van der Waals surface area (Å²) < 4.78 is 38.4. The molecule has 7 heteroatoms. The monoisotopic (exact) mass is 280 g/mol. The Bertz CT molecular complexity index is 507. The average molecular weight is 281 g/mol. The molecule has 4 nitrogen and oxygen atoms in total. The van der Waals surface area contributed by atoms with Crippen molar-refractivity contribution in [3.8, 4) is 0 Å². The molecule has 0 radical (unpaired) electrons. The molecule has 0 aromatic heterocycles. The lowest BCUT2D eigenvalue weighted by Crippen LogP contribution is -2.39. The largest absolute Gasteiger partial charge is 0.329 e. The number of hydrogen-bond acceptors (Lipinski definition) is 3. The van der Waals surface area contributed by atoms with Gasteiger partial charge in [0.1, 0.15) is 10.7 Å². The number of nitrogens with two attached hydrogens (primary N) is 1. The van der Waals surface area contributed by atoms with E-state index in [1.807, 2.05) is 0 Å². The van der Waals surface area contributed by atoms with Crippen LogP contribution in [0.5, 0.6) is 0 Å². The summed E-state index contributed by atoms with van der Waals surface area (Å²) in [4.78, 5) is -0.248. The number of halogens is 2. The van der Waals surface area contributed by atoms with E-state index in [0.717, 1.165) is 16.4 Å². The second-order valence-electron chi connectivity index (χ2n) is 3.68. The van der Waals surface area contributed by atoms with Crippen molar-refractivity contribution in [2.24, 2.45) is 5.73 Å².